The summed E-state index contributed by atoms with van der Waals surface area (Å²) >= 11 is 0. The molecule has 164 valence electrons. The minimum atomic E-state index is -0.660. The molecule has 2 aromatic rings. The van der Waals surface area contributed by atoms with E-state index in [1.807, 2.05) is 37.3 Å². The zero-order valence-corrected chi connectivity index (χ0v) is 18.4. The lowest BCUT2D eigenvalue weighted by molar-refractivity contribution is -0.140. The molecule has 1 aliphatic rings. The van der Waals surface area contributed by atoms with E-state index < -0.39 is 17.7 Å². The molecule has 0 saturated carbocycles. The lowest BCUT2D eigenvalue weighted by Crippen LogP contribution is -2.38. The van der Waals surface area contributed by atoms with Crippen LogP contribution in [0.4, 0.5) is 0 Å². The van der Waals surface area contributed by atoms with Crippen LogP contribution in [0.2, 0.25) is 0 Å². The minimum absolute atomic E-state index is 0.115. The van der Waals surface area contributed by atoms with Crippen LogP contribution in [0.15, 0.2) is 60.2 Å². The number of likely N-dealkylation sites (N-methyl/N-ethyl adjacent to an activating group) is 1. The van der Waals surface area contributed by atoms with Crippen molar-refractivity contribution in [1.82, 2.24) is 9.80 Å². The molecule has 0 bridgehead atoms. The zero-order valence-electron chi connectivity index (χ0n) is 18.4. The topological polar surface area (TPSA) is 70.1 Å². The zero-order chi connectivity index (χ0) is 22.4. The third kappa shape index (κ3) is 4.80. The quantitative estimate of drug-likeness (QED) is 0.378. The molecule has 0 radical (unpaired) electrons. The number of nitrogens with zero attached hydrogens (tertiary/aromatic N) is 2. The van der Waals surface area contributed by atoms with Gasteiger partial charge in [0, 0.05) is 18.7 Å². The van der Waals surface area contributed by atoms with Crippen molar-refractivity contribution >= 4 is 17.4 Å². The standard InChI is InChI=1S/C25H30N2O4/c1-4-26(5-2)15-16-27-22(18-11-8-7-9-12-18)21(24(29)25(27)30)23(28)19-13-10-14-20(17-19)31-6-3/h7-14,17,22,28H,4-6,15-16H2,1-3H3/b23-21-. The Morgan fingerprint density at radius 3 is 2.39 bits per heavy atom. The molecule has 0 spiro atoms. The van der Waals surface area contributed by atoms with Gasteiger partial charge in [0.2, 0.25) is 0 Å². The molecule has 1 amide bonds. The number of amides is 1. The fraction of sp³-hybridized carbons (Fsp3) is 0.360. The van der Waals surface area contributed by atoms with Crippen LogP contribution in [0.1, 0.15) is 37.9 Å². The number of aliphatic hydroxyl groups excluding tert-OH is 1. The van der Waals surface area contributed by atoms with Crippen LogP contribution in [0.25, 0.3) is 5.76 Å². The predicted molar refractivity (Wildman–Crippen MR) is 121 cm³/mol. The molecule has 1 N–H and O–H groups in total. The lowest BCUT2D eigenvalue weighted by Gasteiger charge is -2.28. The molecule has 0 aromatic heterocycles. The molecule has 1 aliphatic heterocycles. The van der Waals surface area contributed by atoms with Crippen LogP contribution < -0.4 is 4.74 Å². The Morgan fingerprint density at radius 2 is 1.74 bits per heavy atom. The molecule has 1 atom stereocenters. The third-order valence-electron chi connectivity index (χ3n) is 5.63. The highest BCUT2D eigenvalue weighted by Crippen LogP contribution is 2.39. The van der Waals surface area contributed by atoms with E-state index in [9.17, 15) is 14.7 Å². The molecule has 2 aromatic carbocycles. The maximum atomic E-state index is 13.1. The Kier molecular flexibility index (Phi) is 7.47. The van der Waals surface area contributed by atoms with Crippen molar-refractivity contribution in [3.05, 3.63) is 71.3 Å². The molecular weight excluding hydrogens is 392 g/mol. The van der Waals surface area contributed by atoms with E-state index in [-0.39, 0.29) is 11.3 Å². The van der Waals surface area contributed by atoms with Crippen LogP contribution in [0.5, 0.6) is 5.75 Å². The van der Waals surface area contributed by atoms with Crippen molar-refractivity contribution in [3.8, 4) is 5.75 Å². The number of likely N-dealkylation sites (tertiary alicyclic amines) is 1. The number of hydrogen-bond donors (Lipinski definition) is 1. The van der Waals surface area contributed by atoms with Crippen LogP contribution in [0, 0.1) is 0 Å². The number of hydrogen-bond acceptors (Lipinski definition) is 5. The maximum Gasteiger partial charge on any atom is 0.295 e. The molecule has 6 nitrogen and oxygen atoms in total. The van der Waals surface area contributed by atoms with Gasteiger partial charge in [-0.05, 0) is 37.7 Å². The summed E-state index contributed by atoms with van der Waals surface area (Å²) < 4.78 is 5.53. The van der Waals surface area contributed by atoms with Crippen LogP contribution in [-0.2, 0) is 9.59 Å². The molecule has 31 heavy (non-hydrogen) atoms. The first-order valence-corrected chi connectivity index (χ1v) is 10.8. The summed E-state index contributed by atoms with van der Waals surface area (Å²) in [6.07, 6.45) is 0. The largest absolute Gasteiger partial charge is 0.507 e. The highest BCUT2D eigenvalue weighted by atomic mass is 16.5. The van der Waals surface area contributed by atoms with Crippen molar-refractivity contribution in [1.29, 1.82) is 0 Å². The third-order valence-corrected chi connectivity index (χ3v) is 5.63. The number of carbonyl (C=O) groups is 2. The smallest absolute Gasteiger partial charge is 0.295 e. The summed E-state index contributed by atoms with van der Waals surface area (Å²) in [6.45, 7) is 9.29. The second kappa shape index (κ2) is 10.3. The normalized spacial score (nSPS) is 18.1. The Balaban J connectivity index is 2.06. The Bertz CT molecular complexity index is 951. The molecule has 1 heterocycles. The molecule has 3 rings (SSSR count). The van der Waals surface area contributed by atoms with Gasteiger partial charge in [-0.1, -0.05) is 56.3 Å². The van der Waals surface area contributed by atoms with Gasteiger partial charge in [-0.3, -0.25) is 9.59 Å². The Morgan fingerprint density at radius 1 is 1.03 bits per heavy atom. The van der Waals surface area contributed by atoms with E-state index >= 15 is 0 Å². The van der Waals surface area contributed by atoms with Crippen molar-refractivity contribution < 1.29 is 19.4 Å². The van der Waals surface area contributed by atoms with Gasteiger partial charge in [-0.15, -0.1) is 0 Å². The van der Waals surface area contributed by atoms with Gasteiger partial charge < -0.3 is 19.6 Å². The van der Waals surface area contributed by atoms with Crippen molar-refractivity contribution in [2.45, 2.75) is 26.8 Å². The molecule has 1 unspecified atom stereocenters. The number of benzene rings is 2. The highest BCUT2D eigenvalue weighted by molar-refractivity contribution is 6.46. The number of ketones is 1. The van der Waals surface area contributed by atoms with Crippen LogP contribution >= 0.6 is 0 Å². The summed E-state index contributed by atoms with van der Waals surface area (Å²) in [7, 11) is 0. The number of rotatable bonds is 9. The maximum absolute atomic E-state index is 13.1. The monoisotopic (exact) mass is 422 g/mol. The number of aliphatic hydroxyl groups is 1. The van der Waals surface area contributed by atoms with E-state index in [0.29, 0.717) is 31.0 Å². The van der Waals surface area contributed by atoms with Gasteiger partial charge in [0.1, 0.15) is 11.5 Å². The number of ether oxygens (including phenoxy) is 1. The van der Waals surface area contributed by atoms with Gasteiger partial charge in [-0.2, -0.15) is 0 Å². The van der Waals surface area contributed by atoms with Crippen molar-refractivity contribution in [2.24, 2.45) is 0 Å². The van der Waals surface area contributed by atoms with E-state index in [2.05, 4.69) is 18.7 Å². The van der Waals surface area contributed by atoms with Crippen LogP contribution in [-0.4, -0.2) is 59.4 Å². The summed E-state index contributed by atoms with van der Waals surface area (Å²) in [5, 5.41) is 11.1. The average molecular weight is 423 g/mol. The second-order valence-corrected chi connectivity index (χ2v) is 7.39. The van der Waals surface area contributed by atoms with E-state index in [0.717, 1.165) is 18.7 Å². The summed E-state index contributed by atoms with van der Waals surface area (Å²) in [5.74, 6) is -0.825. The summed E-state index contributed by atoms with van der Waals surface area (Å²) in [6, 6.07) is 15.7. The first-order chi connectivity index (χ1) is 15.0. The fourth-order valence-electron chi connectivity index (χ4n) is 3.94. The average Bonchev–Trinajstić information content (AvgIpc) is 3.05. The van der Waals surface area contributed by atoms with Gasteiger partial charge in [0.15, 0.2) is 0 Å². The first-order valence-electron chi connectivity index (χ1n) is 10.8. The number of Topliss-reactive ketones (excluding diaryl/α,β-unsaturated/α-hetero) is 1. The van der Waals surface area contributed by atoms with Gasteiger partial charge in [-0.25, -0.2) is 0 Å². The number of carbonyl (C=O) groups excluding carboxylic acids is 2. The van der Waals surface area contributed by atoms with Gasteiger partial charge >= 0.3 is 0 Å². The summed E-state index contributed by atoms with van der Waals surface area (Å²) in [4.78, 5) is 29.8. The Labute approximate surface area is 183 Å². The van der Waals surface area contributed by atoms with Gasteiger partial charge in [0.25, 0.3) is 11.7 Å². The Hall–Kier alpha value is -3.12. The highest BCUT2D eigenvalue weighted by Gasteiger charge is 2.45. The fourth-order valence-corrected chi connectivity index (χ4v) is 3.94. The van der Waals surface area contributed by atoms with Gasteiger partial charge in [0.05, 0.1) is 18.2 Å². The van der Waals surface area contributed by atoms with E-state index in [4.69, 9.17) is 4.74 Å². The molecule has 0 aliphatic carbocycles. The lowest BCUT2D eigenvalue weighted by atomic mass is 9.95. The summed E-state index contributed by atoms with van der Waals surface area (Å²) in [5.41, 5.74) is 1.36. The second-order valence-electron chi connectivity index (χ2n) is 7.39. The van der Waals surface area contributed by atoms with E-state index in [1.165, 1.54) is 0 Å². The van der Waals surface area contributed by atoms with E-state index in [1.54, 1.807) is 29.2 Å². The first kappa shape index (κ1) is 22.6. The molecule has 1 saturated heterocycles. The van der Waals surface area contributed by atoms with Crippen molar-refractivity contribution in [2.75, 3.05) is 32.8 Å². The van der Waals surface area contributed by atoms with Crippen molar-refractivity contribution in [3.63, 3.8) is 0 Å². The predicted octanol–water partition coefficient (Wildman–Crippen LogP) is 3.85. The van der Waals surface area contributed by atoms with Crippen LogP contribution in [0.3, 0.4) is 0 Å². The SMILES string of the molecule is CCOc1cccc(/C(O)=C2/C(=O)C(=O)N(CCN(CC)CC)C2c2ccccc2)c1. The molecule has 6 heteroatoms. The molecule has 1 fully saturated rings. The molecular formula is C25H30N2O4. The minimum Gasteiger partial charge on any atom is -0.507 e.